The van der Waals surface area contributed by atoms with E-state index in [9.17, 15) is 44.1 Å². The number of aliphatic hydroxyl groups is 4. The van der Waals surface area contributed by atoms with E-state index in [0.29, 0.717) is 0 Å². The van der Waals surface area contributed by atoms with Crippen LogP contribution in [0.3, 0.4) is 0 Å². The van der Waals surface area contributed by atoms with Gasteiger partial charge in [0.05, 0.1) is 13.2 Å². The fraction of sp³-hybridized carbons (Fsp3) is 0.476. The lowest BCUT2D eigenvalue weighted by molar-refractivity contribution is -0.765. The summed E-state index contributed by atoms with van der Waals surface area (Å²) in [4.78, 5) is 46.0. The maximum absolute atomic E-state index is 12.5. The molecule has 10 atom stereocenters. The summed E-state index contributed by atoms with van der Waals surface area (Å²) < 4.78 is 51.9. The molecule has 2 aliphatic rings. The topological polar surface area (TPSA) is 367 Å². The number of carbonyl (C=O) groups is 1. The Bertz CT molecular complexity index is 1810. The van der Waals surface area contributed by atoms with E-state index in [1.807, 2.05) is 0 Å². The van der Waals surface area contributed by atoms with Gasteiger partial charge in [-0.05, 0) is 16.7 Å². The molecule has 5 rings (SSSR count). The number of carbonyl (C=O) groups excluding carboxylic acids is 1. The van der Waals surface area contributed by atoms with Gasteiger partial charge in [-0.15, -0.1) is 0 Å². The number of nitrogens with two attached hydrogens (primary N) is 2. The molecular weight excluding hydrogens is 678 g/mol. The maximum Gasteiger partial charge on any atom is 0.481 e. The molecule has 5 heterocycles. The zero-order chi connectivity index (χ0) is 34.3. The van der Waals surface area contributed by atoms with E-state index in [0.717, 1.165) is 10.9 Å². The molecule has 2 aliphatic heterocycles. The van der Waals surface area contributed by atoms with Crippen LogP contribution >= 0.6 is 15.6 Å². The summed E-state index contributed by atoms with van der Waals surface area (Å²) in [5, 5.41) is 45.3. The fourth-order valence-electron chi connectivity index (χ4n) is 4.76. The summed E-state index contributed by atoms with van der Waals surface area (Å²) in [6, 6.07) is 2.81. The quantitative estimate of drug-likeness (QED) is 0.0329. The standard InChI is InChI=1S/C21H26N10O14P2/c22-16-11-18(26-7-25-16)31(21(27-11)28-29-24)20-15(35)13(33)10(44-20)6-42-47(39,40)45-46(37,38)41-5-9-12(32)14(34)19(43-9)30-3-1-2-8(4-30)17(23)36/h1-4,7,9-10,12-15,19-20,32-35H,5-6H2,(H5-,22,23,25,26,36,37,38,39,40)/p+1/t9-,10-,12-,13-,14-,15-,19-,20-/m1/s1. The molecule has 10 N–H and O–H groups in total. The predicted molar refractivity (Wildman–Crippen MR) is 148 cm³/mol. The molecule has 1 amide bonds. The van der Waals surface area contributed by atoms with E-state index in [4.69, 9.17) is 31.0 Å². The molecule has 47 heavy (non-hydrogen) atoms. The van der Waals surface area contributed by atoms with Crippen LogP contribution in [0.2, 0.25) is 0 Å². The van der Waals surface area contributed by atoms with Crippen molar-refractivity contribution >= 4 is 44.5 Å². The molecule has 0 bridgehead atoms. The van der Waals surface area contributed by atoms with Crippen molar-refractivity contribution in [2.24, 2.45) is 10.8 Å². The Hall–Kier alpha value is -3.70. The van der Waals surface area contributed by atoms with Crippen molar-refractivity contribution in [1.29, 1.82) is 0 Å². The Balaban J connectivity index is 1.20. The summed E-state index contributed by atoms with van der Waals surface area (Å²) >= 11 is 0. The highest BCUT2D eigenvalue weighted by Gasteiger charge is 2.50. The molecule has 0 aliphatic carbocycles. The van der Waals surface area contributed by atoms with Gasteiger partial charge >= 0.3 is 15.6 Å². The van der Waals surface area contributed by atoms with Crippen LogP contribution < -0.4 is 16.0 Å². The molecule has 2 unspecified atom stereocenters. The number of pyridine rings is 1. The van der Waals surface area contributed by atoms with Crippen molar-refractivity contribution in [3.05, 3.63) is 46.9 Å². The molecule has 3 aromatic rings. The highest BCUT2D eigenvalue weighted by Crippen LogP contribution is 2.60. The van der Waals surface area contributed by atoms with Crippen LogP contribution in [-0.4, -0.2) is 105 Å². The Kier molecular flexibility index (Phi) is 9.89. The summed E-state index contributed by atoms with van der Waals surface area (Å²) in [6.07, 6.45) is -9.04. The number of ether oxygens (including phenoxy) is 2. The summed E-state index contributed by atoms with van der Waals surface area (Å²) in [6.45, 7) is -1.93. The second-order valence-corrected chi connectivity index (χ2v) is 13.1. The van der Waals surface area contributed by atoms with E-state index in [1.54, 1.807) is 0 Å². The third kappa shape index (κ3) is 7.26. The van der Waals surface area contributed by atoms with Gasteiger partial charge in [-0.25, -0.2) is 24.1 Å². The lowest BCUT2D eigenvalue weighted by atomic mass is 10.1. The van der Waals surface area contributed by atoms with Gasteiger partial charge in [0, 0.05) is 11.0 Å². The smallest absolute Gasteiger partial charge is 0.387 e. The number of imidazole rings is 1. The van der Waals surface area contributed by atoms with Gasteiger partial charge in [-0.1, -0.05) is 0 Å². The predicted octanol–water partition coefficient (Wildman–Crippen LogP) is -2.07. The molecule has 0 saturated carbocycles. The second-order valence-electron chi connectivity index (χ2n) is 10.0. The summed E-state index contributed by atoms with van der Waals surface area (Å²) in [7, 11) is -10.9. The SMILES string of the molecule is [N-]=[N+]=Nc1nc2c(N)ncnc2n1[C@@H]1O[C@H](COP(=O)(O)OP(=O)(O)OC[C@H]2O[C@@H]([n+]3cccc(C(N)=O)c3)[C@H](O)[C@@H]2O)[C@@H](O)[C@H]1O. The Morgan fingerprint density at radius 2 is 1.70 bits per heavy atom. The van der Waals surface area contributed by atoms with Crippen LogP contribution in [0.4, 0.5) is 11.8 Å². The second kappa shape index (κ2) is 13.4. The fourth-order valence-corrected chi connectivity index (χ4v) is 6.85. The van der Waals surface area contributed by atoms with Crippen LogP contribution in [-0.2, 0) is 32.0 Å². The van der Waals surface area contributed by atoms with E-state index in [-0.39, 0.29) is 28.5 Å². The minimum absolute atomic E-state index is 0.0246. The van der Waals surface area contributed by atoms with Crippen molar-refractivity contribution < 1.29 is 71.5 Å². The van der Waals surface area contributed by atoms with Crippen LogP contribution in [0.1, 0.15) is 22.8 Å². The average molecular weight is 705 g/mol. The number of aliphatic hydroxyl groups excluding tert-OH is 4. The molecule has 0 spiro atoms. The Morgan fingerprint density at radius 3 is 2.34 bits per heavy atom. The third-order valence-corrected chi connectivity index (χ3v) is 9.56. The van der Waals surface area contributed by atoms with Gasteiger partial charge in [0.15, 0.2) is 41.7 Å². The number of primary amides is 1. The Labute approximate surface area is 261 Å². The number of amides is 1. The molecule has 26 heteroatoms. The number of rotatable bonds is 12. The monoisotopic (exact) mass is 705 g/mol. The van der Waals surface area contributed by atoms with Crippen molar-refractivity contribution in [2.45, 2.75) is 49.1 Å². The van der Waals surface area contributed by atoms with Gasteiger partial charge in [0.1, 0.15) is 42.4 Å². The van der Waals surface area contributed by atoms with Crippen molar-refractivity contribution in [3.63, 3.8) is 0 Å². The first-order valence-corrected chi connectivity index (χ1v) is 16.1. The first kappa shape index (κ1) is 34.6. The van der Waals surface area contributed by atoms with E-state index in [1.165, 1.54) is 29.1 Å². The number of phosphoric acid groups is 2. The first-order valence-electron chi connectivity index (χ1n) is 13.2. The molecular formula is C21H27N10O14P2+. The maximum atomic E-state index is 12.5. The van der Waals surface area contributed by atoms with E-state index in [2.05, 4.69) is 33.8 Å². The molecule has 2 saturated heterocycles. The number of nitrogens with zero attached hydrogens (tertiary/aromatic N) is 8. The van der Waals surface area contributed by atoms with Gasteiger partial charge in [0.2, 0.25) is 5.95 Å². The first-order chi connectivity index (χ1) is 22.1. The minimum atomic E-state index is -5.46. The van der Waals surface area contributed by atoms with Crippen molar-refractivity contribution in [3.8, 4) is 0 Å². The molecule has 254 valence electrons. The van der Waals surface area contributed by atoms with Crippen molar-refractivity contribution in [1.82, 2.24) is 19.5 Å². The summed E-state index contributed by atoms with van der Waals surface area (Å²) in [5.74, 6) is -1.27. The lowest BCUT2D eigenvalue weighted by Crippen LogP contribution is -2.46. The Morgan fingerprint density at radius 1 is 1.06 bits per heavy atom. The van der Waals surface area contributed by atoms with Gasteiger partial charge < -0.3 is 51.2 Å². The normalized spacial score (nSPS) is 30.1. The number of azide groups is 1. The molecule has 0 radical (unpaired) electrons. The number of hydrogen-bond donors (Lipinski definition) is 8. The van der Waals surface area contributed by atoms with E-state index >= 15 is 0 Å². The van der Waals surface area contributed by atoms with Crippen molar-refractivity contribution in [2.75, 3.05) is 18.9 Å². The number of anilines is 1. The van der Waals surface area contributed by atoms with Crippen LogP contribution in [0.5, 0.6) is 0 Å². The third-order valence-electron chi connectivity index (χ3n) is 6.96. The highest BCUT2D eigenvalue weighted by molar-refractivity contribution is 7.61. The number of nitrogen functional groups attached to an aromatic ring is 1. The molecule has 24 nitrogen and oxygen atoms in total. The number of aromatic nitrogens is 5. The number of fused-ring (bicyclic) bond motifs is 1. The van der Waals surface area contributed by atoms with Crippen LogP contribution in [0.25, 0.3) is 21.6 Å². The summed E-state index contributed by atoms with van der Waals surface area (Å²) in [5.41, 5.74) is 19.9. The van der Waals surface area contributed by atoms with E-state index < -0.39 is 83.8 Å². The average Bonchev–Trinajstić information content (AvgIpc) is 3.62. The molecule has 0 aromatic carbocycles. The number of phosphoric ester groups is 2. The molecule has 2 fully saturated rings. The van der Waals surface area contributed by atoms with Gasteiger partial charge in [-0.3, -0.25) is 18.4 Å². The minimum Gasteiger partial charge on any atom is -0.387 e. The van der Waals surface area contributed by atoms with Gasteiger partial charge in [-0.2, -0.15) is 8.88 Å². The van der Waals surface area contributed by atoms with Crippen LogP contribution in [0, 0.1) is 0 Å². The van der Waals surface area contributed by atoms with Crippen LogP contribution in [0.15, 0.2) is 36.0 Å². The molecule has 3 aromatic heterocycles. The zero-order valence-electron chi connectivity index (χ0n) is 23.5. The highest BCUT2D eigenvalue weighted by atomic mass is 31.3. The lowest BCUT2D eigenvalue weighted by Gasteiger charge is -2.20. The number of hydrogen-bond acceptors (Lipinski definition) is 17. The van der Waals surface area contributed by atoms with Gasteiger partial charge in [0.25, 0.3) is 12.1 Å². The largest absolute Gasteiger partial charge is 0.481 e. The zero-order valence-corrected chi connectivity index (χ0v) is 25.3.